The molecule has 5 heteroatoms. The molecule has 0 bridgehead atoms. The van der Waals surface area contributed by atoms with Crippen LogP contribution in [0.15, 0.2) is 34.1 Å². The second kappa shape index (κ2) is 4.85. The van der Waals surface area contributed by atoms with Gasteiger partial charge in [-0.25, -0.2) is 9.97 Å². The molecule has 3 rings (SSSR count). The smallest absolute Gasteiger partial charge is 0.220 e. The number of hydrogen-bond acceptors (Lipinski definition) is 5. The van der Waals surface area contributed by atoms with Crippen LogP contribution >= 0.6 is 11.3 Å². The third-order valence-electron chi connectivity index (χ3n) is 2.65. The number of thiazole rings is 1. The molecular formula is C14H13N3OS. The first-order valence-corrected chi connectivity index (χ1v) is 6.77. The number of benzene rings is 1. The zero-order valence-corrected chi connectivity index (χ0v) is 11.5. The quantitative estimate of drug-likeness (QED) is 0.731. The third-order valence-corrected chi connectivity index (χ3v) is 3.44. The number of aromatic nitrogens is 2. The number of hydrogen-bond donors (Lipinski definition) is 0. The topological polar surface area (TPSA) is 42.2 Å². The van der Waals surface area contributed by atoms with Gasteiger partial charge in [0.15, 0.2) is 5.58 Å². The second-order valence-electron chi connectivity index (χ2n) is 4.29. The van der Waals surface area contributed by atoms with Gasteiger partial charge in [-0.1, -0.05) is 12.1 Å². The summed E-state index contributed by atoms with van der Waals surface area (Å²) in [6.45, 7) is 0. The maximum atomic E-state index is 5.61. The van der Waals surface area contributed by atoms with E-state index in [9.17, 15) is 0 Å². The Kier molecular flexibility index (Phi) is 3.05. The van der Waals surface area contributed by atoms with Gasteiger partial charge in [0.2, 0.25) is 5.89 Å². The minimum absolute atomic E-state index is 0.600. The van der Waals surface area contributed by atoms with Gasteiger partial charge in [0.25, 0.3) is 0 Å². The van der Waals surface area contributed by atoms with Crippen LogP contribution in [0.4, 0.5) is 5.82 Å². The third kappa shape index (κ3) is 2.51. The molecule has 0 N–H and O–H groups in total. The van der Waals surface area contributed by atoms with E-state index in [2.05, 4.69) is 9.97 Å². The van der Waals surface area contributed by atoms with E-state index in [4.69, 9.17) is 4.42 Å². The fourth-order valence-electron chi connectivity index (χ4n) is 1.66. The van der Waals surface area contributed by atoms with Crippen LogP contribution in [0.3, 0.4) is 0 Å². The highest BCUT2D eigenvalue weighted by Gasteiger charge is 2.03. The van der Waals surface area contributed by atoms with Crippen molar-refractivity contribution >= 4 is 40.4 Å². The van der Waals surface area contributed by atoms with Gasteiger partial charge in [-0.05, 0) is 18.2 Å². The number of fused-ring (bicyclic) bond motifs is 1. The van der Waals surface area contributed by atoms with Gasteiger partial charge < -0.3 is 9.32 Å². The Morgan fingerprint density at radius 1 is 1.16 bits per heavy atom. The average molecular weight is 271 g/mol. The highest BCUT2D eigenvalue weighted by Crippen LogP contribution is 2.20. The van der Waals surface area contributed by atoms with Crippen molar-refractivity contribution < 1.29 is 4.42 Å². The number of para-hydroxylation sites is 2. The van der Waals surface area contributed by atoms with Crippen LogP contribution in [0.5, 0.6) is 0 Å². The SMILES string of the molecule is CN(C)c1csc(C=Cc2nc3ccccc3o2)n1. The van der Waals surface area contributed by atoms with E-state index < -0.39 is 0 Å². The number of rotatable bonds is 3. The molecule has 0 aliphatic rings. The maximum Gasteiger partial charge on any atom is 0.220 e. The minimum atomic E-state index is 0.600. The molecule has 0 amide bonds. The van der Waals surface area contributed by atoms with Crippen LogP contribution in [-0.2, 0) is 0 Å². The van der Waals surface area contributed by atoms with Crippen molar-refractivity contribution in [2.24, 2.45) is 0 Å². The Hall–Kier alpha value is -2.14. The lowest BCUT2D eigenvalue weighted by atomic mass is 10.3. The molecule has 0 aliphatic heterocycles. The minimum Gasteiger partial charge on any atom is -0.437 e. The highest BCUT2D eigenvalue weighted by molar-refractivity contribution is 7.10. The van der Waals surface area contributed by atoms with Crippen molar-refractivity contribution in [3.63, 3.8) is 0 Å². The van der Waals surface area contributed by atoms with E-state index in [1.165, 1.54) is 0 Å². The Bertz CT molecular complexity index is 694. The molecule has 19 heavy (non-hydrogen) atoms. The summed E-state index contributed by atoms with van der Waals surface area (Å²) < 4.78 is 5.61. The molecule has 0 unspecified atom stereocenters. The predicted octanol–water partition coefficient (Wildman–Crippen LogP) is 3.52. The lowest BCUT2D eigenvalue weighted by Crippen LogP contribution is -2.08. The van der Waals surface area contributed by atoms with Crippen LogP contribution in [0.25, 0.3) is 23.3 Å². The molecular weight excluding hydrogens is 258 g/mol. The van der Waals surface area contributed by atoms with Crippen LogP contribution in [0, 0.1) is 0 Å². The van der Waals surface area contributed by atoms with E-state index in [0.717, 1.165) is 21.9 Å². The molecule has 0 atom stereocenters. The van der Waals surface area contributed by atoms with Crippen LogP contribution in [-0.4, -0.2) is 24.1 Å². The van der Waals surface area contributed by atoms with Crippen molar-refractivity contribution in [1.29, 1.82) is 0 Å². The Morgan fingerprint density at radius 3 is 2.74 bits per heavy atom. The van der Waals surface area contributed by atoms with E-state index in [0.29, 0.717) is 5.89 Å². The summed E-state index contributed by atoms with van der Waals surface area (Å²) in [6, 6.07) is 7.73. The molecule has 0 fully saturated rings. The fourth-order valence-corrected chi connectivity index (χ4v) is 2.45. The Morgan fingerprint density at radius 2 is 2.00 bits per heavy atom. The summed E-state index contributed by atoms with van der Waals surface area (Å²) in [5.41, 5.74) is 1.67. The van der Waals surface area contributed by atoms with Gasteiger partial charge in [-0.15, -0.1) is 11.3 Å². The van der Waals surface area contributed by atoms with Crippen LogP contribution in [0.1, 0.15) is 10.9 Å². The zero-order chi connectivity index (χ0) is 13.2. The van der Waals surface area contributed by atoms with E-state index in [1.54, 1.807) is 11.3 Å². The molecule has 0 saturated carbocycles. The number of nitrogens with zero attached hydrogens (tertiary/aromatic N) is 3. The van der Waals surface area contributed by atoms with Gasteiger partial charge in [0.1, 0.15) is 16.3 Å². The van der Waals surface area contributed by atoms with Gasteiger partial charge in [0.05, 0.1) is 0 Å². The van der Waals surface area contributed by atoms with Crippen LogP contribution < -0.4 is 4.90 Å². The van der Waals surface area contributed by atoms with Crippen LogP contribution in [0.2, 0.25) is 0 Å². The first kappa shape index (κ1) is 11.9. The molecule has 2 aromatic heterocycles. The second-order valence-corrected chi connectivity index (χ2v) is 5.18. The molecule has 0 spiro atoms. The van der Waals surface area contributed by atoms with Crippen molar-refractivity contribution in [3.8, 4) is 0 Å². The molecule has 1 aromatic carbocycles. The van der Waals surface area contributed by atoms with Crippen molar-refractivity contribution in [2.75, 3.05) is 19.0 Å². The summed E-state index contributed by atoms with van der Waals surface area (Å²) in [7, 11) is 3.95. The Balaban J connectivity index is 1.84. The lowest BCUT2D eigenvalue weighted by Gasteiger charge is -2.05. The van der Waals surface area contributed by atoms with Gasteiger partial charge in [-0.2, -0.15) is 0 Å². The molecule has 4 nitrogen and oxygen atoms in total. The van der Waals surface area contributed by atoms with Crippen molar-refractivity contribution in [1.82, 2.24) is 9.97 Å². The highest BCUT2D eigenvalue weighted by atomic mass is 32.1. The number of oxazole rings is 1. The summed E-state index contributed by atoms with van der Waals surface area (Å²) in [6.07, 6.45) is 3.76. The summed E-state index contributed by atoms with van der Waals surface area (Å²) in [5.74, 6) is 1.56. The first-order valence-electron chi connectivity index (χ1n) is 5.89. The monoisotopic (exact) mass is 271 g/mol. The molecule has 3 aromatic rings. The zero-order valence-electron chi connectivity index (χ0n) is 10.7. The van der Waals surface area contributed by atoms with Gasteiger partial charge in [-0.3, -0.25) is 0 Å². The van der Waals surface area contributed by atoms with E-state index >= 15 is 0 Å². The van der Waals surface area contributed by atoms with Crippen molar-refractivity contribution in [2.45, 2.75) is 0 Å². The van der Waals surface area contributed by atoms with E-state index in [-0.39, 0.29) is 0 Å². The van der Waals surface area contributed by atoms with Gasteiger partial charge >= 0.3 is 0 Å². The molecule has 0 radical (unpaired) electrons. The largest absolute Gasteiger partial charge is 0.437 e. The lowest BCUT2D eigenvalue weighted by molar-refractivity contribution is 0.589. The standard InChI is InChI=1S/C14H13N3OS/c1-17(2)12-9-19-14(16-12)8-7-13-15-10-5-3-4-6-11(10)18-13/h3-9H,1-2H3. The Labute approximate surface area is 115 Å². The molecule has 96 valence electrons. The van der Waals surface area contributed by atoms with Gasteiger partial charge in [0, 0.05) is 25.6 Å². The van der Waals surface area contributed by atoms with Crippen molar-refractivity contribution in [3.05, 3.63) is 40.5 Å². The summed E-state index contributed by atoms with van der Waals surface area (Å²) >= 11 is 1.59. The molecule has 0 aliphatic carbocycles. The molecule has 2 heterocycles. The summed E-state index contributed by atoms with van der Waals surface area (Å²) in [4.78, 5) is 10.8. The normalized spacial score (nSPS) is 11.5. The molecule has 0 saturated heterocycles. The average Bonchev–Trinajstić information content (AvgIpc) is 3.02. The first-order chi connectivity index (χ1) is 9.22. The predicted molar refractivity (Wildman–Crippen MR) is 79.4 cm³/mol. The summed E-state index contributed by atoms with van der Waals surface area (Å²) in [5, 5.41) is 2.96. The fraction of sp³-hybridized carbons (Fsp3) is 0.143. The van der Waals surface area contributed by atoms with E-state index in [1.807, 2.05) is 60.8 Å². The maximum absolute atomic E-state index is 5.61. The number of anilines is 1.